The molecule has 0 aliphatic carbocycles. The molecule has 0 saturated carbocycles. The molecular formula is C29H34N2O5. The van der Waals surface area contributed by atoms with E-state index in [1.165, 1.54) is 0 Å². The van der Waals surface area contributed by atoms with Crippen LogP contribution in [-0.4, -0.2) is 61.9 Å². The number of methoxy groups -OCH3 is 1. The van der Waals surface area contributed by atoms with Gasteiger partial charge in [0.15, 0.2) is 5.76 Å². The summed E-state index contributed by atoms with van der Waals surface area (Å²) in [5, 5.41) is 15.1. The molecule has 1 atom stereocenters. The molecule has 0 radical (unpaired) electrons. The zero-order valence-corrected chi connectivity index (χ0v) is 20.7. The van der Waals surface area contributed by atoms with E-state index in [1.807, 2.05) is 42.5 Å². The van der Waals surface area contributed by atoms with Crippen molar-refractivity contribution in [3.05, 3.63) is 71.5 Å². The second-order valence-corrected chi connectivity index (χ2v) is 9.72. The number of rotatable bonds is 8. The summed E-state index contributed by atoms with van der Waals surface area (Å²) in [6, 6.07) is 15.5. The maximum Gasteiger partial charge on any atom is 0.287 e. The van der Waals surface area contributed by atoms with E-state index >= 15 is 0 Å². The number of furan rings is 1. The average Bonchev–Trinajstić information content (AvgIpc) is 3.58. The lowest BCUT2D eigenvalue weighted by molar-refractivity contribution is -0.0232. The van der Waals surface area contributed by atoms with E-state index in [4.69, 9.17) is 13.9 Å². The summed E-state index contributed by atoms with van der Waals surface area (Å²) in [6.45, 7) is 3.71. The SMILES string of the molecule is COc1ccc(/C=C/CN2CCC(O)(c3ccc4oc(C(=O)NC[C@H]5CCCO5)cc4c3)CC2)cc1. The highest BCUT2D eigenvalue weighted by Crippen LogP contribution is 2.35. The zero-order chi connectivity index (χ0) is 25.0. The number of benzene rings is 2. The maximum absolute atomic E-state index is 12.5. The van der Waals surface area contributed by atoms with Gasteiger partial charge in [-0.1, -0.05) is 30.4 Å². The number of carbonyl (C=O) groups is 1. The molecule has 0 spiro atoms. The summed E-state index contributed by atoms with van der Waals surface area (Å²) in [5.74, 6) is 0.897. The maximum atomic E-state index is 12.5. The third-order valence-corrected chi connectivity index (χ3v) is 7.26. The van der Waals surface area contributed by atoms with E-state index in [9.17, 15) is 9.90 Å². The number of likely N-dealkylation sites (tertiary alicyclic amines) is 1. The van der Waals surface area contributed by atoms with Gasteiger partial charge >= 0.3 is 0 Å². The lowest BCUT2D eigenvalue weighted by Gasteiger charge is -2.38. The molecule has 7 nitrogen and oxygen atoms in total. The van der Waals surface area contributed by atoms with Gasteiger partial charge in [0.05, 0.1) is 18.8 Å². The topological polar surface area (TPSA) is 84.2 Å². The van der Waals surface area contributed by atoms with Crippen molar-refractivity contribution < 1.29 is 23.8 Å². The Kier molecular flexibility index (Phi) is 7.41. The van der Waals surface area contributed by atoms with E-state index in [-0.39, 0.29) is 17.8 Å². The van der Waals surface area contributed by atoms with Gasteiger partial charge < -0.3 is 24.3 Å². The molecule has 5 rings (SSSR count). The Hall–Kier alpha value is -3.13. The largest absolute Gasteiger partial charge is 0.497 e. The zero-order valence-electron chi connectivity index (χ0n) is 20.7. The van der Waals surface area contributed by atoms with E-state index in [2.05, 4.69) is 22.4 Å². The van der Waals surface area contributed by atoms with Crippen LogP contribution in [0.25, 0.3) is 17.0 Å². The fourth-order valence-corrected chi connectivity index (χ4v) is 4.99. The van der Waals surface area contributed by atoms with Gasteiger partial charge in [0.25, 0.3) is 5.91 Å². The highest BCUT2D eigenvalue weighted by atomic mass is 16.5. The molecule has 3 aromatic rings. The molecule has 0 bridgehead atoms. The van der Waals surface area contributed by atoms with Crippen molar-refractivity contribution in [1.82, 2.24) is 10.2 Å². The van der Waals surface area contributed by atoms with Crippen LogP contribution in [0.3, 0.4) is 0 Å². The van der Waals surface area contributed by atoms with Gasteiger partial charge in [0.1, 0.15) is 11.3 Å². The average molecular weight is 491 g/mol. The number of carbonyl (C=O) groups excluding carboxylic acids is 1. The molecule has 36 heavy (non-hydrogen) atoms. The minimum absolute atomic E-state index is 0.0861. The fourth-order valence-electron chi connectivity index (χ4n) is 4.99. The van der Waals surface area contributed by atoms with Crippen molar-refractivity contribution in [3.8, 4) is 5.75 Å². The summed E-state index contributed by atoms with van der Waals surface area (Å²) >= 11 is 0. The standard InChI is InChI=1S/C29H34N2O5/c1-34-24-9-6-21(7-10-24)4-2-14-31-15-12-29(33,13-16-31)23-8-11-26-22(18-23)19-27(36-26)28(32)30-20-25-5-3-17-35-25/h2,4,6-11,18-19,25,33H,3,5,12-17,20H2,1H3,(H,30,32)/b4-2+/t25-/m1/s1. The number of fused-ring (bicyclic) bond motifs is 1. The van der Waals surface area contributed by atoms with Gasteiger partial charge in [-0.25, -0.2) is 0 Å². The first kappa shape index (κ1) is 24.6. The summed E-state index contributed by atoms with van der Waals surface area (Å²) in [4.78, 5) is 14.9. The molecule has 7 heteroatoms. The molecule has 2 aromatic carbocycles. The number of ether oxygens (including phenoxy) is 2. The van der Waals surface area contributed by atoms with Crippen molar-refractivity contribution in [2.45, 2.75) is 37.4 Å². The van der Waals surface area contributed by atoms with Gasteiger partial charge in [0.2, 0.25) is 0 Å². The Morgan fingerprint density at radius 3 is 2.72 bits per heavy atom. The van der Waals surface area contributed by atoms with Crippen LogP contribution in [0.5, 0.6) is 5.75 Å². The van der Waals surface area contributed by atoms with Crippen LogP contribution < -0.4 is 10.1 Å². The molecule has 2 aliphatic heterocycles. The highest BCUT2D eigenvalue weighted by Gasteiger charge is 2.34. The van der Waals surface area contributed by atoms with Gasteiger partial charge in [-0.05, 0) is 67.1 Å². The van der Waals surface area contributed by atoms with Crippen LogP contribution in [0.15, 0.2) is 59.0 Å². The van der Waals surface area contributed by atoms with Gasteiger partial charge in [-0.15, -0.1) is 0 Å². The summed E-state index contributed by atoms with van der Waals surface area (Å²) in [5.41, 5.74) is 1.77. The quantitative estimate of drug-likeness (QED) is 0.489. The molecule has 2 fully saturated rings. The lowest BCUT2D eigenvalue weighted by Crippen LogP contribution is -2.42. The fraction of sp³-hybridized carbons (Fsp3) is 0.414. The second kappa shape index (κ2) is 10.9. The molecular weight excluding hydrogens is 456 g/mol. The Bertz CT molecular complexity index is 1200. The van der Waals surface area contributed by atoms with E-state index in [1.54, 1.807) is 13.2 Å². The Morgan fingerprint density at radius 1 is 1.19 bits per heavy atom. The number of nitrogens with zero attached hydrogens (tertiary/aromatic N) is 1. The predicted molar refractivity (Wildman–Crippen MR) is 139 cm³/mol. The van der Waals surface area contributed by atoms with Crippen LogP contribution in [0, 0.1) is 0 Å². The van der Waals surface area contributed by atoms with Crippen LogP contribution >= 0.6 is 0 Å². The molecule has 2 N–H and O–H groups in total. The van der Waals surface area contributed by atoms with Gasteiger partial charge in [-0.2, -0.15) is 0 Å². The number of piperidine rings is 1. The van der Waals surface area contributed by atoms with Crippen LogP contribution in [0.4, 0.5) is 0 Å². The molecule has 0 unspecified atom stereocenters. The van der Waals surface area contributed by atoms with Crippen molar-refractivity contribution in [2.75, 3.05) is 39.9 Å². The molecule has 3 heterocycles. The number of aliphatic hydroxyl groups is 1. The van der Waals surface area contributed by atoms with E-state index < -0.39 is 5.60 Å². The van der Waals surface area contributed by atoms with Crippen LogP contribution in [0.1, 0.15) is 47.4 Å². The summed E-state index contributed by atoms with van der Waals surface area (Å²) in [6.07, 6.45) is 7.68. The Labute approximate surface area is 211 Å². The first-order valence-corrected chi connectivity index (χ1v) is 12.7. The normalized spacial score (nSPS) is 20.2. The number of amides is 1. The molecule has 2 aliphatic rings. The van der Waals surface area contributed by atoms with Crippen LogP contribution in [-0.2, 0) is 10.3 Å². The Balaban J connectivity index is 1.16. The highest BCUT2D eigenvalue weighted by molar-refractivity contribution is 5.96. The van der Waals surface area contributed by atoms with Gasteiger partial charge in [-0.3, -0.25) is 9.69 Å². The first-order chi connectivity index (χ1) is 17.5. The first-order valence-electron chi connectivity index (χ1n) is 12.7. The molecule has 1 amide bonds. The second-order valence-electron chi connectivity index (χ2n) is 9.72. The van der Waals surface area contributed by atoms with Gasteiger partial charge in [0, 0.05) is 38.2 Å². The van der Waals surface area contributed by atoms with Crippen molar-refractivity contribution in [3.63, 3.8) is 0 Å². The molecule has 2 saturated heterocycles. The lowest BCUT2D eigenvalue weighted by atomic mass is 9.84. The van der Waals surface area contributed by atoms with E-state index in [0.29, 0.717) is 25.0 Å². The van der Waals surface area contributed by atoms with Crippen molar-refractivity contribution >= 4 is 23.0 Å². The molecule has 190 valence electrons. The monoisotopic (exact) mass is 490 g/mol. The van der Waals surface area contributed by atoms with Crippen molar-refractivity contribution in [2.24, 2.45) is 0 Å². The van der Waals surface area contributed by atoms with E-state index in [0.717, 1.165) is 61.3 Å². The molecule has 1 aromatic heterocycles. The number of nitrogens with one attached hydrogen (secondary N) is 1. The Morgan fingerprint density at radius 2 is 2.00 bits per heavy atom. The predicted octanol–water partition coefficient (Wildman–Crippen LogP) is 4.35. The van der Waals surface area contributed by atoms with Crippen LogP contribution in [0.2, 0.25) is 0 Å². The minimum atomic E-state index is -0.885. The minimum Gasteiger partial charge on any atom is -0.497 e. The smallest absolute Gasteiger partial charge is 0.287 e. The third kappa shape index (κ3) is 5.64. The number of hydrogen-bond donors (Lipinski definition) is 2. The summed E-state index contributed by atoms with van der Waals surface area (Å²) in [7, 11) is 1.67. The van der Waals surface area contributed by atoms with Crippen molar-refractivity contribution in [1.29, 1.82) is 0 Å². The third-order valence-electron chi connectivity index (χ3n) is 7.26. The number of hydrogen-bond acceptors (Lipinski definition) is 6. The summed E-state index contributed by atoms with van der Waals surface area (Å²) < 4.78 is 16.5.